The summed E-state index contributed by atoms with van der Waals surface area (Å²) in [6.45, 7) is 2.85. The van der Waals surface area contributed by atoms with Gasteiger partial charge in [-0.05, 0) is 43.7 Å². The molecule has 0 saturated carbocycles. The molecule has 0 aliphatic carbocycles. The van der Waals surface area contributed by atoms with Gasteiger partial charge in [-0.25, -0.2) is 9.59 Å². The van der Waals surface area contributed by atoms with E-state index in [2.05, 4.69) is 4.98 Å². The molecular weight excluding hydrogens is 326 g/mol. The molecule has 1 heterocycles. The molecule has 0 aliphatic heterocycles. The number of carbonyl (C=O) groups is 3. The van der Waals surface area contributed by atoms with E-state index < -0.39 is 18.5 Å². The minimum atomic E-state index is -0.711. The van der Waals surface area contributed by atoms with Crippen molar-refractivity contribution in [2.45, 2.75) is 13.8 Å². The maximum absolute atomic E-state index is 12.2. The van der Waals surface area contributed by atoms with E-state index in [1.54, 1.807) is 38.1 Å². The molecule has 1 aromatic heterocycles. The molecule has 132 valence electrons. The summed E-state index contributed by atoms with van der Waals surface area (Å²) in [6.07, 6.45) is 0. The van der Waals surface area contributed by atoms with Crippen LogP contribution in [-0.4, -0.2) is 43.5 Å². The summed E-state index contributed by atoms with van der Waals surface area (Å²) in [4.78, 5) is 38.8. The highest BCUT2D eigenvalue weighted by atomic mass is 16.5. The lowest BCUT2D eigenvalue weighted by atomic mass is 10.1. The van der Waals surface area contributed by atoms with Gasteiger partial charge in [0, 0.05) is 11.3 Å². The molecule has 0 aliphatic rings. The summed E-state index contributed by atoms with van der Waals surface area (Å²) in [5.41, 5.74) is 1.74. The van der Waals surface area contributed by atoms with Crippen LogP contribution in [0.5, 0.6) is 5.75 Å². The zero-order chi connectivity index (χ0) is 18.6. The summed E-state index contributed by atoms with van der Waals surface area (Å²) >= 11 is 0. The van der Waals surface area contributed by atoms with Crippen LogP contribution >= 0.6 is 0 Å². The number of rotatable bonds is 6. The molecule has 0 spiro atoms. The van der Waals surface area contributed by atoms with Crippen molar-refractivity contribution in [1.82, 2.24) is 4.98 Å². The molecule has 0 unspecified atom stereocenters. The van der Waals surface area contributed by atoms with Crippen molar-refractivity contribution in [3.05, 3.63) is 52.3 Å². The first-order valence-corrected chi connectivity index (χ1v) is 7.50. The van der Waals surface area contributed by atoms with Gasteiger partial charge in [-0.15, -0.1) is 0 Å². The lowest BCUT2D eigenvalue weighted by Gasteiger charge is -2.05. The Balaban J connectivity index is 2.07. The molecule has 0 atom stereocenters. The standard InChI is InChI=1S/C18H19NO6/c1-10-15(17(21)24-4)11(2)19-16(10)18(22)25-9-14(20)12-5-7-13(23-3)8-6-12/h5-8,19H,9H2,1-4H3. The summed E-state index contributed by atoms with van der Waals surface area (Å²) in [5.74, 6) is -0.969. The predicted octanol–water partition coefficient (Wildman–Crippen LogP) is 2.47. The molecule has 1 aromatic carbocycles. The Morgan fingerprint density at radius 2 is 1.64 bits per heavy atom. The number of esters is 2. The molecule has 25 heavy (non-hydrogen) atoms. The topological polar surface area (TPSA) is 94.7 Å². The van der Waals surface area contributed by atoms with Crippen LogP contribution in [0.25, 0.3) is 0 Å². The molecular formula is C18H19NO6. The molecule has 2 aromatic rings. The number of methoxy groups -OCH3 is 2. The number of H-pyrrole nitrogens is 1. The van der Waals surface area contributed by atoms with Gasteiger partial charge in [0.2, 0.25) is 0 Å². The zero-order valence-corrected chi connectivity index (χ0v) is 14.5. The summed E-state index contributed by atoms with van der Waals surface area (Å²) in [5, 5.41) is 0. The third kappa shape index (κ3) is 3.88. The molecule has 0 amide bonds. The van der Waals surface area contributed by atoms with E-state index in [-0.39, 0.29) is 17.0 Å². The first kappa shape index (κ1) is 18.3. The third-order valence-corrected chi connectivity index (χ3v) is 3.78. The second-order valence-corrected chi connectivity index (χ2v) is 5.34. The number of aromatic amines is 1. The molecule has 1 N–H and O–H groups in total. The fourth-order valence-electron chi connectivity index (χ4n) is 2.43. The first-order chi connectivity index (χ1) is 11.9. The van der Waals surface area contributed by atoms with Crippen LogP contribution < -0.4 is 4.74 Å². The van der Waals surface area contributed by atoms with Crippen molar-refractivity contribution >= 4 is 17.7 Å². The number of aromatic nitrogens is 1. The van der Waals surface area contributed by atoms with Crippen molar-refractivity contribution in [2.75, 3.05) is 20.8 Å². The van der Waals surface area contributed by atoms with Gasteiger partial charge in [0.25, 0.3) is 0 Å². The van der Waals surface area contributed by atoms with Crippen molar-refractivity contribution in [2.24, 2.45) is 0 Å². The van der Waals surface area contributed by atoms with Gasteiger partial charge in [0.1, 0.15) is 11.4 Å². The quantitative estimate of drug-likeness (QED) is 0.638. The number of ether oxygens (including phenoxy) is 3. The number of ketones is 1. The largest absolute Gasteiger partial charge is 0.497 e. The van der Waals surface area contributed by atoms with Gasteiger partial charge >= 0.3 is 11.9 Å². The van der Waals surface area contributed by atoms with Crippen LogP contribution in [0.2, 0.25) is 0 Å². The van der Waals surface area contributed by atoms with Crippen LogP contribution in [0, 0.1) is 13.8 Å². The van der Waals surface area contributed by atoms with E-state index in [1.165, 1.54) is 14.2 Å². The van der Waals surface area contributed by atoms with Gasteiger partial charge in [0.15, 0.2) is 12.4 Å². The zero-order valence-electron chi connectivity index (χ0n) is 14.5. The molecule has 2 rings (SSSR count). The predicted molar refractivity (Wildman–Crippen MR) is 89.2 cm³/mol. The summed E-state index contributed by atoms with van der Waals surface area (Å²) in [6, 6.07) is 6.48. The Hall–Kier alpha value is -3.09. The SMILES string of the molecule is COC(=O)c1c(C)[nH]c(C(=O)OCC(=O)c2ccc(OC)cc2)c1C. The van der Waals surface area contributed by atoms with E-state index in [1.807, 2.05) is 0 Å². The highest BCUT2D eigenvalue weighted by Crippen LogP contribution is 2.20. The Bertz CT molecular complexity index is 804. The van der Waals surface area contributed by atoms with Crippen LogP contribution in [0.4, 0.5) is 0 Å². The van der Waals surface area contributed by atoms with Crippen LogP contribution in [0.3, 0.4) is 0 Å². The number of Topliss-reactive ketones (excluding diaryl/α,β-unsaturated/α-hetero) is 1. The average molecular weight is 345 g/mol. The van der Waals surface area contributed by atoms with E-state index in [9.17, 15) is 14.4 Å². The fourth-order valence-corrected chi connectivity index (χ4v) is 2.43. The average Bonchev–Trinajstić information content (AvgIpc) is 2.93. The monoisotopic (exact) mass is 345 g/mol. The maximum atomic E-state index is 12.2. The van der Waals surface area contributed by atoms with E-state index in [0.29, 0.717) is 22.6 Å². The van der Waals surface area contributed by atoms with Crippen LogP contribution in [0.15, 0.2) is 24.3 Å². The third-order valence-electron chi connectivity index (χ3n) is 3.78. The van der Waals surface area contributed by atoms with Gasteiger partial charge < -0.3 is 19.2 Å². The van der Waals surface area contributed by atoms with Crippen molar-refractivity contribution in [1.29, 1.82) is 0 Å². The highest BCUT2D eigenvalue weighted by molar-refractivity contribution is 6.01. The second-order valence-electron chi connectivity index (χ2n) is 5.34. The van der Waals surface area contributed by atoms with Gasteiger partial charge in [0.05, 0.1) is 19.8 Å². The second kappa shape index (κ2) is 7.65. The molecule has 0 fully saturated rings. The molecule has 7 heteroatoms. The first-order valence-electron chi connectivity index (χ1n) is 7.50. The fraction of sp³-hybridized carbons (Fsp3) is 0.278. The molecule has 7 nitrogen and oxygen atoms in total. The summed E-state index contributed by atoms with van der Waals surface area (Å²) in [7, 11) is 2.79. The van der Waals surface area contributed by atoms with Gasteiger partial charge in [-0.1, -0.05) is 0 Å². The lowest BCUT2D eigenvalue weighted by molar-refractivity contribution is 0.0468. The highest BCUT2D eigenvalue weighted by Gasteiger charge is 2.23. The van der Waals surface area contributed by atoms with E-state index in [0.717, 1.165) is 0 Å². The number of aryl methyl sites for hydroxylation is 1. The minimum Gasteiger partial charge on any atom is -0.497 e. The van der Waals surface area contributed by atoms with Gasteiger partial charge in [-0.2, -0.15) is 0 Å². The normalized spacial score (nSPS) is 10.2. The number of benzene rings is 1. The maximum Gasteiger partial charge on any atom is 0.355 e. The van der Waals surface area contributed by atoms with Crippen molar-refractivity contribution in [3.63, 3.8) is 0 Å². The minimum absolute atomic E-state index is 0.125. The number of carbonyl (C=O) groups excluding carboxylic acids is 3. The van der Waals surface area contributed by atoms with Gasteiger partial charge in [-0.3, -0.25) is 4.79 Å². The Morgan fingerprint density at radius 3 is 2.20 bits per heavy atom. The summed E-state index contributed by atoms with van der Waals surface area (Å²) < 4.78 is 14.8. The molecule has 0 bridgehead atoms. The van der Waals surface area contributed by atoms with E-state index in [4.69, 9.17) is 14.2 Å². The van der Waals surface area contributed by atoms with Crippen molar-refractivity contribution in [3.8, 4) is 5.75 Å². The van der Waals surface area contributed by atoms with Crippen molar-refractivity contribution < 1.29 is 28.6 Å². The number of hydrogen-bond acceptors (Lipinski definition) is 6. The smallest absolute Gasteiger partial charge is 0.355 e. The molecule has 0 saturated heterocycles. The Morgan fingerprint density at radius 1 is 1.00 bits per heavy atom. The molecule has 0 radical (unpaired) electrons. The number of hydrogen-bond donors (Lipinski definition) is 1. The van der Waals surface area contributed by atoms with E-state index >= 15 is 0 Å². The van der Waals surface area contributed by atoms with Crippen LogP contribution in [0.1, 0.15) is 42.5 Å². The van der Waals surface area contributed by atoms with Crippen LogP contribution in [-0.2, 0) is 9.47 Å². The lowest BCUT2D eigenvalue weighted by Crippen LogP contribution is -2.15. The Labute approximate surface area is 144 Å². The Kier molecular flexibility index (Phi) is 5.59. The number of nitrogens with one attached hydrogen (secondary N) is 1.